The van der Waals surface area contributed by atoms with Gasteiger partial charge in [0.05, 0.1) is 0 Å². The normalized spacial score (nSPS) is 23.5. The van der Waals surface area contributed by atoms with Crippen LogP contribution < -0.4 is 5.32 Å². The third kappa shape index (κ3) is 2.88. The van der Waals surface area contributed by atoms with Crippen LogP contribution in [-0.4, -0.2) is 6.04 Å². The number of halogens is 5. The maximum absolute atomic E-state index is 13.6. The van der Waals surface area contributed by atoms with Gasteiger partial charge >= 0.3 is 0 Å². The number of benzene rings is 1. The molecule has 0 spiro atoms. The highest BCUT2D eigenvalue weighted by molar-refractivity contribution is 5.48. The van der Waals surface area contributed by atoms with Gasteiger partial charge in [0.15, 0.2) is 23.3 Å². The first kappa shape index (κ1) is 15.1. The molecule has 0 aliphatic heterocycles. The van der Waals surface area contributed by atoms with E-state index in [2.05, 4.69) is 12.2 Å². The lowest BCUT2D eigenvalue weighted by Crippen LogP contribution is -2.21. The standard InChI is InChI=1S/C14H16F5N/c1-7-3-2-4-8(6-5-7)20-14-12(18)10(16)9(15)11(17)13(14)19/h7-8,20H,2-6H2,1H3. The Hall–Kier alpha value is -1.33. The Labute approximate surface area is 114 Å². The summed E-state index contributed by atoms with van der Waals surface area (Å²) >= 11 is 0. The predicted octanol–water partition coefficient (Wildman–Crippen LogP) is 4.76. The van der Waals surface area contributed by atoms with E-state index >= 15 is 0 Å². The molecular weight excluding hydrogens is 277 g/mol. The van der Waals surface area contributed by atoms with Crippen LogP contribution in [0.1, 0.15) is 39.0 Å². The lowest BCUT2D eigenvalue weighted by atomic mass is 10.0. The van der Waals surface area contributed by atoms with Gasteiger partial charge in [0.2, 0.25) is 5.82 Å². The minimum atomic E-state index is -2.12. The van der Waals surface area contributed by atoms with Crippen molar-refractivity contribution in [2.24, 2.45) is 5.92 Å². The van der Waals surface area contributed by atoms with E-state index in [-0.39, 0.29) is 6.04 Å². The molecule has 1 aliphatic carbocycles. The van der Waals surface area contributed by atoms with Gasteiger partial charge in [-0.15, -0.1) is 0 Å². The molecule has 0 heterocycles. The molecule has 1 N–H and O–H groups in total. The molecule has 2 rings (SSSR count). The van der Waals surface area contributed by atoms with Crippen LogP contribution in [0, 0.1) is 35.0 Å². The molecule has 2 atom stereocenters. The predicted molar refractivity (Wildman–Crippen MR) is 65.9 cm³/mol. The minimum absolute atomic E-state index is 0.270. The lowest BCUT2D eigenvalue weighted by Gasteiger charge is -2.19. The molecule has 1 fully saturated rings. The van der Waals surface area contributed by atoms with Crippen molar-refractivity contribution in [3.05, 3.63) is 29.1 Å². The molecule has 0 amide bonds. The average Bonchev–Trinajstić information content (AvgIpc) is 2.64. The van der Waals surface area contributed by atoms with Crippen molar-refractivity contribution >= 4 is 5.69 Å². The van der Waals surface area contributed by atoms with Crippen LogP contribution in [0.2, 0.25) is 0 Å². The fourth-order valence-corrected chi connectivity index (χ4v) is 2.57. The van der Waals surface area contributed by atoms with Gasteiger partial charge < -0.3 is 5.32 Å². The Morgan fingerprint density at radius 1 is 0.750 bits per heavy atom. The van der Waals surface area contributed by atoms with E-state index in [0.717, 1.165) is 19.3 Å². The molecule has 0 bridgehead atoms. The zero-order valence-electron chi connectivity index (χ0n) is 11.1. The van der Waals surface area contributed by atoms with E-state index in [1.54, 1.807) is 0 Å². The van der Waals surface area contributed by atoms with Crippen LogP contribution >= 0.6 is 0 Å². The minimum Gasteiger partial charge on any atom is -0.377 e. The fourth-order valence-electron chi connectivity index (χ4n) is 2.57. The van der Waals surface area contributed by atoms with Crippen LogP contribution in [0.25, 0.3) is 0 Å². The lowest BCUT2D eigenvalue weighted by molar-refractivity contribution is 0.380. The molecule has 1 aromatic rings. The van der Waals surface area contributed by atoms with Gasteiger partial charge in [-0.1, -0.05) is 19.8 Å². The number of anilines is 1. The Balaban J connectivity index is 2.25. The number of hydrogen-bond acceptors (Lipinski definition) is 1. The van der Waals surface area contributed by atoms with Crippen LogP contribution in [0.15, 0.2) is 0 Å². The van der Waals surface area contributed by atoms with E-state index in [1.807, 2.05) is 0 Å². The summed E-state index contributed by atoms with van der Waals surface area (Å²) in [5.41, 5.74) is -0.916. The van der Waals surface area contributed by atoms with Gasteiger partial charge in [-0.25, -0.2) is 22.0 Å². The van der Waals surface area contributed by atoms with Crippen molar-refractivity contribution in [3.63, 3.8) is 0 Å². The van der Waals surface area contributed by atoms with E-state index in [9.17, 15) is 22.0 Å². The smallest absolute Gasteiger partial charge is 0.200 e. The second-order valence-corrected chi connectivity index (χ2v) is 5.40. The molecule has 1 nitrogen and oxygen atoms in total. The first-order valence-electron chi connectivity index (χ1n) is 6.69. The third-order valence-corrected chi connectivity index (χ3v) is 3.82. The van der Waals surface area contributed by atoms with E-state index < -0.39 is 34.8 Å². The van der Waals surface area contributed by atoms with Crippen molar-refractivity contribution in [2.45, 2.75) is 45.1 Å². The summed E-state index contributed by atoms with van der Waals surface area (Å²) in [5, 5.41) is 2.49. The summed E-state index contributed by atoms with van der Waals surface area (Å²) in [7, 11) is 0. The molecule has 0 radical (unpaired) electrons. The van der Waals surface area contributed by atoms with Crippen LogP contribution in [0.4, 0.5) is 27.6 Å². The topological polar surface area (TPSA) is 12.0 Å². The first-order chi connectivity index (χ1) is 9.41. The molecule has 2 unspecified atom stereocenters. The molecular formula is C14H16F5N. The van der Waals surface area contributed by atoms with Gasteiger partial charge in [0.1, 0.15) is 5.69 Å². The number of rotatable bonds is 2. The van der Waals surface area contributed by atoms with Crippen molar-refractivity contribution in [2.75, 3.05) is 5.32 Å². The van der Waals surface area contributed by atoms with Gasteiger partial charge in [-0.2, -0.15) is 0 Å². The van der Waals surface area contributed by atoms with Crippen LogP contribution in [-0.2, 0) is 0 Å². The highest BCUT2D eigenvalue weighted by Gasteiger charge is 2.27. The molecule has 6 heteroatoms. The van der Waals surface area contributed by atoms with E-state index in [4.69, 9.17) is 0 Å². The highest BCUT2D eigenvalue weighted by atomic mass is 19.2. The molecule has 112 valence electrons. The monoisotopic (exact) mass is 293 g/mol. The van der Waals surface area contributed by atoms with E-state index in [0.29, 0.717) is 18.8 Å². The van der Waals surface area contributed by atoms with Gasteiger partial charge in [0.25, 0.3) is 0 Å². The third-order valence-electron chi connectivity index (χ3n) is 3.82. The maximum atomic E-state index is 13.6. The average molecular weight is 293 g/mol. The molecule has 1 aliphatic rings. The van der Waals surface area contributed by atoms with Crippen LogP contribution in [0.5, 0.6) is 0 Å². The first-order valence-corrected chi connectivity index (χ1v) is 6.69. The summed E-state index contributed by atoms with van der Waals surface area (Å²) in [4.78, 5) is 0. The molecule has 0 aromatic heterocycles. The largest absolute Gasteiger partial charge is 0.377 e. The summed E-state index contributed by atoms with van der Waals surface area (Å²) in [6.45, 7) is 2.08. The van der Waals surface area contributed by atoms with Crippen molar-refractivity contribution in [1.82, 2.24) is 0 Å². The van der Waals surface area contributed by atoms with E-state index in [1.165, 1.54) is 0 Å². The Bertz CT molecular complexity index is 474. The number of nitrogens with one attached hydrogen (secondary N) is 1. The van der Waals surface area contributed by atoms with Gasteiger partial charge in [-0.05, 0) is 25.2 Å². The van der Waals surface area contributed by atoms with Crippen molar-refractivity contribution < 1.29 is 22.0 Å². The zero-order valence-corrected chi connectivity index (χ0v) is 11.1. The Morgan fingerprint density at radius 3 is 1.90 bits per heavy atom. The van der Waals surface area contributed by atoms with Crippen LogP contribution in [0.3, 0.4) is 0 Å². The quantitative estimate of drug-likeness (QED) is 0.359. The Morgan fingerprint density at radius 2 is 1.30 bits per heavy atom. The summed E-state index contributed by atoms with van der Waals surface area (Å²) in [5.74, 6) is -9.02. The molecule has 20 heavy (non-hydrogen) atoms. The Kier molecular flexibility index (Phi) is 4.50. The second-order valence-electron chi connectivity index (χ2n) is 5.40. The molecule has 0 saturated heterocycles. The highest BCUT2D eigenvalue weighted by Crippen LogP contribution is 2.30. The summed E-state index contributed by atoms with van der Waals surface area (Å²) < 4.78 is 66.2. The number of hydrogen-bond donors (Lipinski definition) is 1. The zero-order chi connectivity index (χ0) is 14.9. The van der Waals surface area contributed by atoms with Crippen molar-refractivity contribution in [3.8, 4) is 0 Å². The van der Waals surface area contributed by atoms with Gasteiger partial charge in [0, 0.05) is 6.04 Å². The van der Waals surface area contributed by atoms with Crippen molar-refractivity contribution in [1.29, 1.82) is 0 Å². The fraction of sp³-hybridized carbons (Fsp3) is 0.571. The summed E-state index contributed by atoms with van der Waals surface area (Å²) in [6, 6.07) is -0.270. The molecule has 1 saturated carbocycles. The maximum Gasteiger partial charge on any atom is 0.200 e. The van der Waals surface area contributed by atoms with Gasteiger partial charge in [-0.3, -0.25) is 0 Å². The molecule has 1 aromatic carbocycles. The summed E-state index contributed by atoms with van der Waals surface area (Å²) in [6.07, 6.45) is 4.06. The SMILES string of the molecule is CC1CCCC(Nc2c(F)c(F)c(F)c(F)c2F)CC1. The second kappa shape index (κ2) is 5.97.